The Morgan fingerprint density at radius 3 is 3.00 bits per heavy atom. The number of rotatable bonds is 3. The number of oxime groups is 1. The molecule has 1 heterocycles. The Kier molecular flexibility index (Phi) is 3.04. The lowest BCUT2D eigenvalue weighted by atomic mass is 10.3. The van der Waals surface area contributed by atoms with Crippen molar-refractivity contribution in [1.29, 1.82) is 0 Å². The lowest BCUT2D eigenvalue weighted by Crippen LogP contribution is -1.96. The molecule has 0 aliphatic carbocycles. The van der Waals surface area contributed by atoms with Crippen LogP contribution in [0.1, 0.15) is 12.6 Å². The Labute approximate surface area is 75.3 Å². The highest BCUT2D eigenvalue weighted by atomic mass is 32.1. The van der Waals surface area contributed by atoms with E-state index < -0.39 is 0 Å². The van der Waals surface area contributed by atoms with Crippen molar-refractivity contribution in [2.24, 2.45) is 5.16 Å². The predicted octanol–water partition coefficient (Wildman–Crippen LogP) is 1.56. The highest BCUT2D eigenvalue weighted by Crippen LogP contribution is 2.14. The Bertz CT molecular complexity index is 282. The molecule has 1 aromatic heterocycles. The third-order valence-electron chi connectivity index (χ3n) is 1.32. The van der Waals surface area contributed by atoms with Gasteiger partial charge < -0.3 is 10.2 Å². The van der Waals surface area contributed by atoms with Crippen LogP contribution in [0.5, 0.6) is 0 Å². The number of hydrogen-bond acceptors (Lipinski definition) is 5. The number of thiazole rings is 1. The minimum atomic E-state index is 0.787. The fraction of sp³-hybridized carbons (Fsp3) is 0.429. The van der Waals surface area contributed by atoms with Crippen LogP contribution in [0.15, 0.2) is 10.5 Å². The number of nitrogens with one attached hydrogen (secondary N) is 1. The summed E-state index contributed by atoms with van der Waals surface area (Å²) < 4.78 is 0. The lowest BCUT2D eigenvalue weighted by Gasteiger charge is -1.92. The van der Waals surface area contributed by atoms with Gasteiger partial charge in [0.2, 0.25) is 0 Å². The topological polar surface area (TPSA) is 46.5 Å². The van der Waals surface area contributed by atoms with Crippen molar-refractivity contribution in [2.45, 2.75) is 6.92 Å². The molecule has 0 unspecified atom stereocenters. The molecule has 5 heteroatoms. The van der Waals surface area contributed by atoms with Crippen molar-refractivity contribution in [3.05, 3.63) is 11.1 Å². The van der Waals surface area contributed by atoms with E-state index in [4.69, 9.17) is 0 Å². The summed E-state index contributed by atoms with van der Waals surface area (Å²) >= 11 is 1.55. The molecule has 0 aromatic carbocycles. The van der Waals surface area contributed by atoms with E-state index in [0.29, 0.717) is 0 Å². The molecule has 0 spiro atoms. The molecule has 12 heavy (non-hydrogen) atoms. The zero-order valence-corrected chi connectivity index (χ0v) is 8.10. The van der Waals surface area contributed by atoms with Crippen LogP contribution >= 0.6 is 11.3 Å². The molecule has 1 rings (SSSR count). The van der Waals surface area contributed by atoms with E-state index in [1.54, 1.807) is 11.3 Å². The molecule has 1 aromatic rings. The molecule has 0 aliphatic rings. The first-order valence-electron chi connectivity index (χ1n) is 3.49. The number of aromatic nitrogens is 1. The summed E-state index contributed by atoms with van der Waals surface area (Å²) in [5, 5.41) is 9.55. The van der Waals surface area contributed by atoms with E-state index >= 15 is 0 Å². The molecule has 0 fully saturated rings. The van der Waals surface area contributed by atoms with Crippen LogP contribution in [0.2, 0.25) is 0 Å². The minimum Gasteiger partial charge on any atom is -0.399 e. The van der Waals surface area contributed by atoms with Gasteiger partial charge in [0, 0.05) is 12.4 Å². The maximum atomic E-state index is 4.63. The van der Waals surface area contributed by atoms with Crippen molar-refractivity contribution in [2.75, 3.05) is 19.5 Å². The molecular formula is C7H11N3OS. The van der Waals surface area contributed by atoms with Crippen LogP contribution in [0.25, 0.3) is 0 Å². The molecule has 0 bridgehead atoms. The SMILES string of the molecule is CNc1nc(/C(C)=N/OC)cs1. The second-order valence-electron chi connectivity index (χ2n) is 2.15. The van der Waals surface area contributed by atoms with Gasteiger partial charge in [0.15, 0.2) is 5.13 Å². The van der Waals surface area contributed by atoms with Crippen LogP contribution in [-0.4, -0.2) is 24.9 Å². The fourth-order valence-corrected chi connectivity index (χ4v) is 1.45. The molecule has 1 N–H and O–H groups in total. The van der Waals surface area contributed by atoms with E-state index in [1.165, 1.54) is 7.11 Å². The van der Waals surface area contributed by atoms with E-state index in [9.17, 15) is 0 Å². The molecule has 0 amide bonds. The van der Waals surface area contributed by atoms with Crippen molar-refractivity contribution < 1.29 is 4.84 Å². The average Bonchev–Trinajstić information content (AvgIpc) is 2.52. The summed E-state index contributed by atoms with van der Waals surface area (Å²) in [6, 6.07) is 0. The summed E-state index contributed by atoms with van der Waals surface area (Å²) in [5.41, 5.74) is 1.64. The zero-order chi connectivity index (χ0) is 8.97. The Hall–Kier alpha value is -1.10. The average molecular weight is 185 g/mol. The van der Waals surface area contributed by atoms with E-state index in [1.807, 2.05) is 19.4 Å². The minimum absolute atomic E-state index is 0.787. The Balaban J connectivity index is 2.81. The molecular weight excluding hydrogens is 174 g/mol. The molecule has 0 atom stereocenters. The van der Waals surface area contributed by atoms with Gasteiger partial charge in [0.1, 0.15) is 18.5 Å². The first-order chi connectivity index (χ1) is 5.77. The Morgan fingerprint density at radius 1 is 1.75 bits per heavy atom. The zero-order valence-electron chi connectivity index (χ0n) is 7.29. The van der Waals surface area contributed by atoms with Crippen LogP contribution in [0.4, 0.5) is 5.13 Å². The lowest BCUT2D eigenvalue weighted by molar-refractivity contribution is 0.213. The van der Waals surface area contributed by atoms with E-state index in [0.717, 1.165) is 16.5 Å². The van der Waals surface area contributed by atoms with Crippen LogP contribution in [-0.2, 0) is 4.84 Å². The smallest absolute Gasteiger partial charge is 0.182 e. The Morgan fingerprint density at radius 2 is 2.50 bits per heavy atom. The van der Waals surface area contributed by atoms with Gasteiger partial charge in [-0.15, -0.1) is 11.3 Å². The van der Waals surface area contributed by atoms with Gasteiger partial charge in [-0.3, -0.25) is 0 Å². The molecule has 0 saturated heterocycles. The summed E-state index contributed by atoms with van der Waals surface area (Å²) in [6.07, 6.45) is 0. The molecule has 66 valence electrons. The van der Waals surface area contributed by atoms with E-state index in [2.05, 4.69) is 20.3 Å². The van der Waals surface area contributed by atoms with Gasteiger partial charge >= 0.3 is 0 Å². The van der Waals surface area contributed by atoms with Crippen molar-refractivity contribution in [3.8, 4) is 0 Å². The standard InChI is InChI=1S/C7H11N3OS/c1-5(10-11-3)6-4-12-7(8-2)9-6/h4H,1-3H3,(H,8,9)/b10-5+. The third-order valence-corrected chi connectivity index (χ3v) is 2.18. The predicted molar refractivity (Wildman–Crippen MR) is 50.9 cm³/mol. The third kappa shape index (κ3) is 1.94. The summed E-state index contributed by atoms with van der Waals surface area (Å²) in [6.45, 7) is 1.86. The first-order valence-corrected chi connectivity index (χ1v) is 4.37. The monoisotopic (exact) mass is 185 g/mol. The van der Waals surface area contributed by atoms with Crippen molar-refractivity contribution in [1.82, 2.24) is 4.98 Å². The van der Waals surface area contributed by atoms with Gasteiger partial charge in [-0.1, -0.05) is 5.16 Å². The maximum absolute atomic E-state index is 4.63. The normalized spacial score (nSPS) is 11.4. The fourth-order valence-electron chi connectivity index (χ4n) is 0.738. The molecule has 0 aliphatic heterocycles. The number of anilines is 1. The number of nitrogens with zero attached hydrogens (tertiary/aromatic N) is 2. The van der Waals surface area contributed by atoms with Gasteiger partial charge in [0.05, 0.1) is 0 Å². The van der Waals surface area contributed by atoms with Crippen molar-refractivity contribution >= 4 is 22.2 Å². The molecule has 0 radical (unpaired) electrons. The highest BCUT2D eigenvalue weighted by molar-refractivity contribution is 7.13. The summed E-state index contributed by atoms with van der Waals surface area (Å²) in [5.74, 6) is 0. The highest BCUT2D eigenvalue weighted by Gasteiger charge is 2.02. The molecule has 0 saturated carbocycles. The number of hydrogen-bond donors (Lipinski definition) is 1. The second kappa shape index (κ2) is 4.06. The van der Waals surface area contributed by atoms with Crippen molar-refractivity contribution in [3.63, 3.8) is 0 Å². The largest absolute Gasteiger partial charge is 0.399 e. The summed E-state index contributed by atoms with van der Waals surface area (Å²) in [7, 11) is 3.36. The van der Waals surface area contributed by atoms with Crippen LogP contribution < -0.4 is 5.32 Å². The van der Waals surface area contributed by atoms with Crippen LogP contribution in [0, 0.1) is 0 Å². The van der Waals surface area contributed by atoms with Crippen LogP contribution in [0.3, 0.4) is 0 Å². The summed E-state index contributed by atoms with van der Waals surface area (Å²) in [4.78, 5) is 8.88. The first kappa shape index (κ1) is 8.99. The van der Waals surface area contributed by atoms with E-state index in [-0.39, 0.29) is 0 Å². The van der Waals surface area contributed by atoms with Gasteiger partial charge in [-0.05, 0) is 6.92 Å². The van der Waals surface area contributed by atoms with Gasteiger partial charge in [-0.2, -0.15) is 0 Å². The quantitative estimate of drug-likeness (QED) is 0.574. The molecule has 4 nitrogen and oxygen atoms in total. The second-order valence-corrected chi connectivity index (χ2v) is 3.01. The maximum Gasteiger partial charge on any atom is 0.182 e. The van der Waals surface area contributed by atoms with Gasteiger partial charge in [-0.25, -0.2) is 4.98 Å². The van der Waals surface area contributed by atoms with Gasteiger partial charge in [0.25, 0.3) is 0 Å².